The molecule has 0 spiro atoms. The van der Waals surface area contributed by atoms with Gasteiger partial charge in [-0.15, -0.1) is 0 Å². The fourth-order valence-corrected chi connectivity index (χ4v) is 1.64. The summed E-state index contributed by atoms with van der Waals surface area (Å²) in [5, 5.41) is 9.57. The molecule has 6 nitrogen and oxygen atoms in total. The summed E-state index contributed by atoms with van der Waals surface area (Å²) in [4.78, 5) is 11.4. The third kappa shape index (κ3) is 3.32. The maximum absolute atomic E-state index is 11.4. The van der Waals surface area contributed by atoms with Gasteiger partial charge in [0.2, 0.25) is 5.91 Å². The van der Waals surface area contributed by atoms with Crippen LogP contribution in [0.1, 0.15) is 6.42 Å². The number of amides is 1. The van der Waals surface area contributed by atoms with Gasteiger partial charge in [0.15, 0.2) is 5.82 Å². The molecule has 1 heterocycles. The van der Waals surface area contributed by atoms with E-state index in [-0.39, 0.29) is 12.3 Å². The predicted molar refractivity (Wildman–Crippen MR) is 72.9 cm³/mol. The highest BCUT2D eigenvalue weighted by Crippen LogP contribution is 2.22. The molecule has 0 bridgehead atoms. The lowest BCUT2D eigenvalue weighted by Crippen LogP contribution is -2.16. The number of rotatable bonds is 5. The number of benzene rings is 1. The number of nitrogens with one attached hydrogen (secondary N) is 2. The normalized spacial score (nSPS) is 10.2. The largest absolute Gasteiger partial charge is 0.497 e. The molecule has 1 aromatic heterocycles. The Morgan fingerprint density at radius 3 is 2.79 bits per heavy atom. The number of hydrogen-bond acceptors (Lipinski definition) is 4. The van der Waals surface area contributed by atoms with Crippen LogP contribution in [0.25, 0.3) is 11.3 Å². The first-order valence-corrected chi connectivity index (χ1v) is 5.92. The van der Waals surface area contributed by atoms with E-state index in [1.54, 1.807) is 13.2 Å². The van der Waals surface area contributed by atoms with Crippen LogP contribution in [0, 0.1) is 0 Å². The Morgan fingerprint density at radius 1 is 1.42 bits per heavy atom. The van der Waals surface area contributed by atoms with Gasteiger partial charge in [-0.3, -0.25) is 9.89 Å². The van der Waals surface area contributed by atoms with E-state index in [9.17, 15) is 4.79 Å². The second-order valence-electron chi connectivity index (χ2n) is 3.98. The van der Waals surface area contributed by atoms with Crippen LogP contribution in [0.3, 0.4) is 0 Å². The van der Waals surface area contributed by atoms with Gasteiger partial charge in [0.1, 0.15) is 5.75 Å². The molecule has 19 heavy (non-hydrogen) atoms. The first kappa shape index (κ1) is 13.1. The van der Waals surface area contributed by atoms with Crippen LogP contribution in [0.15, 0.2) is 30.3 Å². The first-order chi connectivity index (χ1) is 9.22. The van der Waals surface area contributed by atoms with Gasteiger partial charge in [0, 0.05) is 19.0 Å². The van der Waals surface area contributed by atoms with Crippen LogP contribution in [0.4, 0.5) is 5.82 Å². The molecule has 1 aromatic carbocycles. The predicted octanol–water partition coefficient (Wildman–Crippen LogP) is 1.37. The molecule has 100 valence electrons. The van der Waals surface area contributed by atoms with Gasteiger partial charge < -0.3 is 15.8 Å². The van der Waals surface area contributed by atoms with E-state index in [0.717, 1.165) is 17.0 Å². The molecule has 4 N–H and O–H groups in total. The van der Waals surface area contributed by atoms with Crippen molar-refractivity contribution in [1.82, 2.24) is 10.2 Å². The molecule has 0 fully saturated rings. The van der Waals surface area contributed by atoms with E-state index in [1.807, 2.05) is 24.3 Å². The van der Waals surface area contributed by atoms with Crippen LogP contribution in [-0.2, 0) is 4.79 Å². The van der Waals surface area contributed by atoms with Crippen molar-refractivity contribution in [2.45, 2.75) is 6.42 Å². The number of ether oxygens (including phenoxy) is 1. The minimum absolute atomic E-state index is 0.143. The number of methoxy groups -OCH3 is 1. The molecule has 1 amide bonds. The zero-order valence-electron chi connectivity index (χ0n) is 10.6. The molecule has 0 aliphatic carbocycles. The number of hydrogen-bond donors (Lipinski definition) is 3. The van der Waals surface area contributed by atoms with Gasteiger partial charge in [-0.25, -0.2) is 0 Å². The third-order valence-electron chi connectivity index (χ3n) is 2.62. The number of anilines is 1. The zero-order chi connectivity index (χ0) is 13.7. The van der Waals surface area contributed by atoms with Gasteiger partial charge in [0.05, 0.1) is 12.8 Å². The van der Waals surface area contributed by atoms with Crippen LogP contribution in [0.2, 0.25) is 0 Å². The van der Waals surface area contributed by atoms with Gasteiger partial charge in [-0.05, 0) is 29.8 Å². The number of H-pyrrole nitrogens is 1. The number of aromatic nitrogens is 2. The Morgan fingerprint density at radius 2 is 2.16 bits per heavy atom. The van der Waals surface area contributed by atoms with Crippen molar-refractivity contribution in [2.75, 3.05) is 19.0 Å². The average molecular weight is 260 g/mol. The number of carbonyl (C=O) groups is 1. The zero-order valence-corrected chi connectivity index (χ0v) is 10.6. The Balaban J connectivity index is 2.09. The van der Waals surface area contributed by atoms with E-state index >= 15 is 0 Å². The van der Waals surface area contributed by atoms with Crippen molar-refractivity contribution in [3.05, 3.63) is 30.3 Å². The first-order valence-electron chi connectivity index (χ1n) is 5.92. The monoisotopic (exact) mass is 260 g/mol. The van der Waals surface area contributed by atoms with Crippen LogP contribution >= 0.6 is 0 Å². The van der Waals surface area contributed by atoms with E-state index in [1.165, 1.54) is 0 Å². The molecule has 0 saturated carbocycles. The molecule has 2 rings (SSSR count). The fourth-order valence-electron chi connectivity index (χ4n) is 1.64. The van der Waals surface area contributed by atoms with Crippen molar-refractivity contribution in [3.8, 4) is 17.0 Å². The lowest BCUT2D eigenvalue weighted by Gasteiger charge is -2.00. The SMILES string of the molecule is COc1ccc(-c2cc(NC(=O)CCN)n[nH]2)cc1. The van der Waals surface area contributed by atoms with Gasteiger partial charge in [-0.1, -0.05) is 0 Å². The molecule has 2 aromatic rings. The standard InChI is InChI=1S/C13H16N4O2/c1-19-10-4-2-9(3-5-10)11-8-12(17-16-11)15-13(18)6-7-14/h2-5,8H,6-7,14H2,1H3,(H2,15,16,17,18). The lowest BCUT2D eigenvalue weighted by molar-refractivity contribution is -0.116. The van der Waals surface area contributed by atoms with E-state index in [4.69, 9.17) is 10.5 Å². The minimum Gasteiger partial charge on any atom is -0.497 e. The van der Waals surface area contributed by atoms with E-state index in [0.29, 0.717) is 12.4 Å². The highest BCUT2D eigenvalue weighted by atomic mass is 16.5. The number of nitrogens with two attached hydrogens (primary N) is 1. The Hall–Kier alpha value is -2.34. The highest BCUT2D eigenvalue weighted by Gasteiger charge is 2.06. The Bertz CT molecular complexity index is 548. The topological polar surface area (TPSA) is 93.0 Å². The third-order valence-corrected chi connectivity index (χ3v) is 2.62. The van der Waals surface area contributed by atoms with E-state index < -0.39 is 0 Å². The quantitative estimate of drug-likeness (QED) is 0.757. The van der Waals surface area contributed by atoms with Crippen molar-refractivity contribution in [3.63, 3.8) is 0 Å². The number of carbonyl (C=O) groups excluding carboxylic acids is 1. The Kier molecular flexibility index (Phi) is 4.15. The molecular formula is C13H16N4O2. The fraction of sp³-hybridized carbons (Fsp3) is 0.231. The summed E-state index contributed by atoms with van der Waals surface area (Å²) in [5.74, 6) is 1.14. The summed E-state index contributed by atoms with van der Waals surface area (Å²) in [7, 11) is 1.62. The van der Waals surface area contributed by atoms with Gasteiger partial charge >= 0.3 is 0 Å². The van der Waals surface area contributed by atoms with Crippen molar-refractivity contribution in [1.29, 1.82) is 0 Å². The van der Waals surface area contributed by atoms with Gasteiger partial charge in [0.25, 0.3) is 0 Å². The maximum Gasteiger partial charge on any atom is 0.226 e. The molecule has 0 unspecified atom stereocenters. The smallest absolute Gasteiger partial charge is 0.226 e. The molecule has 0 aliphatic heterocycles. The van der Waals surface area contributed by atoms with Gasteiger partial charge in [-0.2, -0.15) is 5.10 Å². The van der Waals surface area contributed by atoms with Crippen molar-refractivity contribution >= 4 is 11.7 Å². The second kappa shape index (κ2) is 6.01. The Labute approximate surface area is 111 Å². The molecule has 0 radical (unpaired) electrons. The van der Waals surface area contributed by atoms with Crippen LogP contribution < -0.4 is 15.8 Å². The molecular weight excluding hydrogens is 244 g/mol. The molecule has 0 aliphatic rings. The van der Waals surface area contributed by atoms with Crippen molar-refractivity contribution < 1.29 is 9.53 Å². The molecule has 0 saturated heterocycles. The van der Waals surface area contributed by atoms with Crippen LogP contribution in [0.5, 0.6) is 5.75 Å². The maximum atomic E-state index is 11.4. The average Bonchev–Trinajstić information content (AvgIpc) is 2.87. The summed E-state index contributed by atoms with van der Waals surface area (Å²) < 4.78 is 5.10. The summed E-state index contributed by atoms with van der Waals surface area (Å²) in [6, 6.07) is 9.33. The summed E-state index contributed by atoms with van der Waals surface area (Å²) in [6.07, 6.45) is 0.282. The number of aromatic amines is 1. The highest BCUT2D eigenvalue weighted by molar-refractivity contribution is 5.90. The lowest BCUT2D eigenvalue weighted by atomic mass is 10.1. The summed E-state index contributed by atoms with van der Waals surface area (Å²) >= 11 is 0. The second-order valence-corrected chi connectivity index (χ2v) is 3.98. The van der Waals surface area contributed by atoms with E-state index in [2.05, 4.69) is 15.5 Å². The number of nitrogens with zero attached hydrogens (tertiary/aromatic N) is 1. The molecule has 6 heteroatoms. The van der Waals surface area contributed by atoms with Crippen LogP contribution in [-0.4, -0.2) is 29.8 Å². The summed E-state index contributed by atoms with van der Waals surface area (Å²) in [5.41, 5.74) is 7.10. The minimum atomic E-state index is -0.143. The van der Waals surface area contributed by atoms with Crippen molar-refractivity contribution in [2.24, 2.45) is 5.73 Å². The summed E-state index contributed by atoms with van der Waals surface area (Å²) in [6.45, 7) is 0.321. The molecule has 0 atom stereocenters.